The number of aliphatic carboxylic acids is 1. The highest BCUT2D eigenvalue weighted by Gasteiger charge is 2.24. The Morgan fingerprint density at radius 2 is 1.97 bits per heavy atom. The van der Waals surface area contributed by atoms with Crippen LogP contribution in [0.4, 0.5) is 0 Å². The van der Waals surface area contributed by atoms with Gasteiger partial charge in [-0.05, 0) is 50.8 Å². The summed E-state index contributed by atoms with van der Waals surface area (Å²) in [7, 11) is 0. The van der Waals surface area contributed by atoms with Gasteiger partial charge in [0, 0.05) is 17.0 Å². The molecule has 0 spiro atoms. The molecular weight excluding hydrogens is 374 g/mol. The molecule has 1 heterocycles. The van der Waals surface area contributed by atoms with Crippen LogP contribution >= 0.6 is 0 Å². The van der Waals surface area contributed by atoms with Gasteiger partial charge in [-0.25, -0.2) is 9.59 Å². The first-order chi connectivity index (χ1) is 13.8. The minimum atomic E-state index is -1.07. The molecule has 1 aromatic heterocycles. The molecule has 1 aromatic carbocycles. The highest BCUT2D eigenvalue weighted by atomic mass is 16.5. The summed E-state index contributed by atoms with van der Waals surface area (Å²) in [5.41, 5.74) is 1.59. The zero-order chi connectivity index (χ0) is 21.6. The van der Waals surface area contributed by atoms with Gasteiger partial charge in [-0.2, -0.15) is 0 Å². The Bertz CT molecular complexity index is 933. The van der Waals surface area contributed by atoms with E-state index in [4.69, 9.17) is 9.15 Å². The molecule has 0 aliphatic carbocycles. The lowest BCUT2D eigenvalue weighted by molar-refractivity contribution is -0.143. The quantitative estimate of drug-likeness (QED) is 0.588. The smallest absolute Gasteiger partial charge is 0.336 e. The van der Waals surface area contributed by atoms with E-state index in [1.54, 1.807) is 19.9 Å². The molecule has 29 heavy (non-hydrogen) atoms. The number of carboxylic acid groups (broad SMARTS) is 1. The molecule has 0 saturated heterocycles. The number of carbonyl (C=O) groups excluding carboxylic acids is 1. The van der Waals surface area contributed by atoms with E-state index in [1.165, 1.54) is 6.07 Å². The predicted molar refractivity (Wildman–Crippen MR) is 110 cm³/mol. The summed E-state index contributed by atoms with van der Waals surface area (Å²) in [5, 5.41) is 12.6. The van der Waals surface area contributed by atoms with Crippen LogP contribution in [0.15, 0.2) is 27.4 Å². The van der Waals surface area contributed by atoms with Gasteiger partial charge in [-0.15, -0.1) is 0 Å². The van der Waals surface area contributed by atoms with Crippen LogP contribution < -0.4 is 15.7 Å². The van der Waals surface area contributed by atoms with Crippen LogP contribution in [0.5, 0.6) is 5.75 Å². The molecule has 1 amide bonds. The third-order valence-corrected chi connectivity index (χ3v) is 4.86. The summed E-state index contributed by atoms with van der Waals surface area (Å²) in [4.78, 5) is 35.6. The van der Waals surface area contributed by atoms with Crippen molar-refractivity contribution in [3.05, 3.63) is 39.7 Å². The number of hydrogen-bond acceptors (Lipinski definition) is 5. The van der Waals surface area contributed by atoms with Crippen LogP contribution in [-0.4, -0.2) is 29.1 Å². The minimum absolute atomic E-state index is 0.342. The highest BCUT2D eigenvalue weighted by molar-refractivity contribution is 5.87. The van der Waals surface area contributed by atoms with Crippen molar-refractivity contribution in [3.8, 4) is 5.75 Å². The van der Waals surface area contributed by atoms with Crippen molar-refractivity contribution >= 4 is 22.8 Å². The Morgan fingerprint density at radius 1 is 1.24 bits per heavy atom. The molecule has 7 nitrogen and oxygen atoms in total. The molecule has 2 N–H and O–H groups in total. The van der Waals surface area contributed by atoms with E-state index in [0.717, 1.165) is 30.2 Å². The molecule has 0 saturated carbocycles. The van der Waals surface area contributed by atoms with Gasteiger partial charge in [0.15, 0.2) is 6.10 Å². The molecule has 0 radical (unpaired) electrons. The van der Waals surface area contributed by atoms with Crippen molar-refractivity contribution in [2.75, 3.05) is 0 Å². The van der Waals surface area contributed by atoms with Crippen LogP contribution in [-0.2, 0) is 16.0 Å². The summed E-state index contributed by atoms with van der Waals surface area (Å²) in [6, 6.07) is 4.15. The van der Waals surface area contributed by atoms with Crippen molar-refractivity contribution in [3.63, 3.8) is 0 Å². The van der Waals surface area contributed by atoms with E-state index in [-0.39, 0.29) is 0 Å². The lowest BCUT2D eigenvalue weighted by atomic mass is 10.0. The second kappa shape index (κ2) is 10.1. The van der Waals surface area contributed by atoms with E-state index in [9.17, 15) is 19.5 Å². The van der Waals surface area contributed by atoms with Gasteiger partial charge in [0.25, 0.3) is 5.91 Å². The number of nitrogens with one attached hydrogen (secondary N) is 1. The number of rotatable bonds is 10. The second-order valence-corrected chi connectivity index (χ2v) is 7.21. The number of hydrogen-bond donors (Lipinski definition) is 2. The van der Waals surface area contributed by atoms with Gasteiger partial charge in [0.05, 0.1) is 0 Å². The average Bonchev–Trinajstić information content (AvgIpc) is 2.67. The van der Waals surface area contributed by atoms with Crippen molar-refractivity contribution < 1.29 is 23.8 Å². The number of carbonyl (C=O) groups is 2. The van der Waals surface area contributed by atoms with Crippen molar-refractivity contribution in [2.24, 2.45) is 0 Å². The summed E-state index contributed by atoms with van der Waals surface area (Å²) >= 11 is 0. The number of amides is 1. The van der Waals surface area contributed by atoms with E-state index >= 15 is 0 Å². The van der Waals surface area contributed by atoms with Crippen molar-refractivity contribution in [1.29, 1.82) is 0 Å². The minimum Gasteiger partial charge on any atom is -0.480 e. The predicted octanol–water partition coefficient (Wildman–Crippen LogP) is 3.58. The maximum atomic E-state index is 12.4. The third-order valence-electron chi connectivity index (χ3n) is 4.86. The first-order valence-electron chi connectivity index (χ1n) is 10.0. The summed E-state index contributed by atoms with van der Waals surface area (Å²) in [6.07, 6.45) is 2.84. The number of benzene rings is 1. The van der Waals surface area contributed by atoms with Gasteiger partial charge in [0.2, 0.25) is 0 Å². The monoisotopic (exact) mass is 403 g/mol. The zero-order valence-electron chi connectivity index (χ0n) is 17.4. The topological polar surface area (TPSA) is 106 Å². The Balaban J connectivity index is 2.25. The van der Waals surface area contributed by atoms with E-state index in [1.807, 2.05) is 13.0 Å². The Morgan fingerprint density at radius 3 is 2.59 bits per heavy atom. The van der Waals surface area contributed by atoms with Crippen LogP contribution in [0, 0.1) is 6.92 Å². The molecule has 0 bridgehead atoms. The standard InChI is InChI=1S/C22H29NO6/c1-5-7-9-15-12-19(24)29-20-13(3)18(11-10-16(15)20)28-14(4)21(25)23-17(8-6-2)22(26)27/h10-12,14,17H,5-9H2,1-4H3,(H,23,25)(H,26,27)/t14-,17+/m1/s1. The van der Waals surface area contributed by atoms with Gasteiger partial charge in [-0.3, -0.25) is 4.79 Å². The zero-order valence-corrected chi connectivity index (χ0v) is 17.4. The Labute approximate surface area is 170 Å². The lowest BCUT2D eigenvalue weighted by Crippen LogP contribution is -2.46. The lowest BCUT2D eigenvalue weighted by Gasteiger charge is -2.20. The van der Waals surface area contributed by atoms with Crippen LogP contribution in [0.3, 0.4) is 0 Å². The molecule has 2 atom stereocenters. The normalized spacial score (nSPS) is 13.1. The first kappa shape index (κ1) is 22.5. The number of ether oxygens (including phenoxy) is 1. The molecular formula is C22H29NO6. The molecule has 0 unspecified atom stereocenters. The van der Waals surface area contributed by atoms with Gasteiger partial charge in [0.1, 0.15) is 17.4 Å². The van der Waals surface area contributed by atoms with Gasteiger partial charge in [-0.1, -0.05) is 26.7 Å². The third kappa shape index (κ3) is 5.59. The van der Waals surface area contributed by atoms with E-state index < -0.39 is 29.6 Å². The van der Waals surface area contributed by atoms with Crippen molar-refractivity contribution in [1.82, 2.24) is 5.32 Å². The molecule has 0 aliphatic heterocycles. The van der Waals surface area contributed by atoms with Gasteiger partial charge < -0.3 is 19.6 Å². The van der Waals surface area contributed by atoms with E-state index in [2.05, 4.69) is 12.2 Å². The number of aryl methyl sites for hydroxylation is 2. The van der Waals surface area contributed by atoms with Crippen LogP contribution in [0.2, 0.25) is 0 Å². The highest BCUT2D eigenvalue weighted by Crippen LogP contribution is 2.29. The van der Waals surface area contributed by atoms with Gasteiger partial charge >= 0.3 is 11.6 Å². The number of unbranched alkanes of at least 4 members (excludes halogenated alkanes) is 1. The number of carboxylic acids is 1. The molecule has 158 valence electrons. The summed E-state index contributed by atoms with van der Waals surface area (Å²) < 4.78 is 11.2. The molecule has 2 aromatic rings. The average molecular weight is 403 g/mol. The maximum Gasteiger partial charge on any atom is 0.336 e. The summed E-state index contributed by atoms with van der Waals surface area (Å²) in [6.45, 7) is 7.26. The van der Waals surface area contributed by atoms with Crippen LogP contribution in [0.25, 0.3) is 11.0 Å². The maximum absolute atomic E-state index is 12.4. The molecule has 0 fully saturated rings. The molecule has 0 aliphatic rings. The number of fused-ring (bicyclic) bond motifs is 1. The van der Waals surface area contributed by atoms with Crippen molar-refractivity contribution in [2.45, 2.75) is 71.9 Å². The molecule has 2 rings (SSSR count). The Kier molecular flexibility index (Phi) is 7.82. The fourth-order valence-electron chi connectivity index (χ4n) is 3.19. The molecule has 7 heteroatoms. The van der Waals surface area contributed by atoms with E-state index in [0.29, 0.717) is 29.7 Å². The van der Waals surface area contributed by atoms with Crippen LogP contribution in [0.1, 0.15) is 57.6 Å². The second-order valence-electron chi connectivity index (χ2n) is 7.21. The SMILES string of the molecule is CCCCc1cc(=O)oc2c(C)c(O[C@H](C)C(=O)N[C@@H](CCC)C(=O)O)ccc12. The fourth-order valence-corrected chi connectivity index (χ4v) is 3.19. The Hall–Kier alpha value is -2.83. The largest absolute Gasteiger partial charge is 0.480 e. The first-order valence-corrected chi connectivity index (χ1v) is 10.0. The fraction of sp³-hybridized carbons (Fsp3) is 0.500. The summed E-state index contributed by atoms with van der Waals surface area (Å²) in [5.74, 6) is -1.17.